The molecule has 0 aliphatic carbocycles. The molecule has 0 radical (unpaired) electrons. The smallest absolute Gasteiger partial charge is 0.255 e. The van der Waals surface area contributed by atoms with Crippen molar-refractivity contribution < 1.29 is 13.2 Å². The van der Waals surface area contributed by atoms with Gasteiger partial charge in [-0.1, -0.05) is 6.92 Å². The molecule has 2 N–H and O–H groups in total. The highest BCUT2D eigenvalue weighted by Crippen LogP contribution is 2.10. The van der Waals surface area contributed by atoms with E-state index in [1.807, 2.05) is 6.92 Å². The summed E-state index contributed by atoms with van der Waals surface area (Å²) in [5, 5.41) is 5.57. The van der Waals surface area contributed by atoms with Crippen molar-refractivity contribution in [1.82, 2.24) is 10.3 Å². The zero-order valence-corrected chi connectivity index (χ0v) is 12.0. The van der Waals surface area contributed by atoms with Crippen LogP contribution in [0.2, 0.25) is 0 Å². The molecule has 1 amide bonds. The minimum absolute atomic E-state index is 0.0496. The van der Waals surface area contributed by atoms with Gasteiger partial charge in [-0.3, -0.25) is 4.79 Å². The lowest BCUT2D eigenvalue weighted by atomic mass is 10.2. The molecule has 0 bridgehead atoms. The minimum Gasteiger partial charge on any atom is -0.370 e. The van der Waals surface area contributed by atoms with Gasteiger partial charge in [0.05, 0.1) is 11.3 Å². The first-order valence-electron chi connectivity index (χ1n) is 6.17. The Morgan fingerprint density at radius 3 is 2.74 bits per heavy atom. The van der Waals surface area contributed by atoms with Gasteiger partial charge in [0.1, 0.15) is 5.82 Å². The Labute approximate surface area is 113 Å². The summed E-state index contributed by atoms with van der Waals surface area (Å²) in [5.41, 5.74) is 0.415. The molecular weight excluding hydrogens is 266 g/mol. The molecule has 0 unspecified atom stereocenters. The number of amides is 1. The maximum Gasteiger partial charge on any atom is 0.255 e. The van der Waals surface area contributed by atoms with Gasteiger partial charge in [-0.2, -0.15) is 0 Å². The molecule has 0 atom stereocenters. The maximum absolute atomic E-state index is 11.9. The molecule has 1 aromatic heterocycles. The second-order valence-corrected chi connectivity index (χ2v) is 6.39. The lowest BCUT2D eigenvalue weighted by Crippen LogP contribution is -2.30. The van der Waals surface area contributed by atoms with Crippen molar-refractivity contribution in [2.24, 2.45) is 0 Å². The Morgan fingerprint density at radius 2 is 2.11 bits per heavy atom. The van der Waals surface area contributed by atoms with Crippen molar-refractivity contribution in [3.63, 3.8) is 0 Å². The average molecular weight is 285 g/mol. The van der Waals surface area contributed by atoms with E-state index in [1.165, 1.54) is 0 Å². The van der Waals surface area contributed by atoms with E-state index in [9.17, 15) is 13.2 Å². The first-order chi connectivity index (χ1) is 9.00. The fourth-order valence-electron chi connectivity index (χ4n) is 1.46. The van der Waals surface area contributed by atoms with Crippen LogP contribution in [0.5, 0.6) is 0 Å². The molecule has 0 aliphatic rings. The van der Waals surface area contributed by atoms with Crippen molar-refractivity contribution in [1.29, 1.82) is 0 Å². The van der Waals surface area contributed by atoms with Crippen LogP contribution in [0, 0.1) is 0 Å². The van der Waals surface area contributed by atoms with Crippen LogP contribution in [0.15, 0.2) is 18.3 Å². The molecular formula is C12H19N3O3S. The number of hydrogen-bond donors (Lipinski definition) is 2. The number of pyridine rings is 1. The molecule has 106 valence electrons. The molecule has 0 fully saturated rings. The van der Waals surface area contributed by atoms with Crippen LogP contribution < -0.4 is 10.6 Å². The quantitative estimate of drug-likeness (QED) is 0.769. The van der Waals surface area contributed by atoms with Gasteiger partial charge >= 0.3 is 0 Å². The summed E-state index contributed by atoms with van der Waals surface area (Å²) in [5.74, 6) is 0.209. The van der Waals surface area contributed by atoms with Crippen LogP contribution >= 0.6 is 0 Å². The third kappa shape index (κ3) is 4.86. The summed E-state index contributed by atoms with van der Waals surface area (Å²) < 4.78 is 22.6. The van der Waals surface area contributed by atoms with Crippen molar-refractivity contribution in [3.8, 4) is 0 Å². The minimum atomic E-state index is -3.06. The SMILES string of the molecule is CCNc1ncccc1C(=O)NCCS(=O)(=O)CC. The molecule has 0 aliphatic heterocycles. The Morgan fingerprint density at radius 1 is 1.37 bits per heavy atom. The third-order valence-corrected chi connectivity index (χ3v) is 4.24. The molecule has 1 aromatic rings. The number of sulfone groups is 1. The van der Waals surface area contributed by atoms with Crippen molar-refractivity contribution in [3.05, 3.63) is 23.9 Å². The topological polar surface area (TPSA) is 88.2 Å². The van der Waals surface area contributed by atoms with Crippen LogP contribution in [0.4, 0.5) is 5.82 Å². The van der Waals surface area contributed by atoms with Crippen LogP contribution in [0.25, 0.3) is 0 Å². The summed E-state index contributed by atoms with van der Waals surface area (Å²) in [7, 11) is -3.06. The van der Waals surface area contributed by atoms with Gasteiger partial charge in [0.2, 0.25) is 0 Å². The number of carbonyl (C=O) groups excluding carboxylic acids is 1. The molecule has 0 saturated carbocycles. The fraction of sp³-hybridized carbons (Fsp3) is 0.500. The molecule has 0 aromatic carbocycles. The number of nitrogens with zero attached hydrogens (tertiary/aromatic N) is 1. The molecule has 6 nitrogen and oxygen atoms in total. The molecule has 0 saturated heterocycles. The summed E-state index contributed by atoms with van der Waals surface area (Å²) in [6.07, 6.45) is 1.59. The van der Waals surface area contributed by atoms with Gasteiger partial charge in [-0.15, -0.1) is 0 Å². The zero-order valence-electron chi connectivity index (χ0n) is 11.1. The maximum atomic E-state index is 11.9. The monoisotopic (exact) mass is 285 g/mol. The number of anilines is 1. The van der Waals surface area contributed by atoms with Gasteiger partial charge in [0.15, 0.2) is 9.84 Å². The molecule has 7 heteroatoms. The van der Waals surface area contributed by atoms with Gasteiger partial charge in [-0.05, 0) is 19.1 Å². The Hall–Kier alpha value is -1.63. The zero-order chi connectivity index (χ0) is 14.3. The van der Waals surface area contributed by atoms with E-state index in [2.05, 4.69) is 15.6 Å². The summed E-state index contributed by atoms with van der Waals surface area (Å²) >= 11 is 0. The number of carbonyl (C=O) groups is 1. The van der Waals surface area contributed by atoms with E-state index >= 15 is 0 Å². The van der Waals surface area contributed by atoms with Crippen molar-refractivity contribution in [2.45, 2.75) is 13.8 Å². The van der Waals surface area contributed by atoms with Crippen LogP contribution in [0.3, 0.4) is 0 Å². The lowest BCUT2D eigenvalue weighted by molar-refractivity contribution is 0.0956. The highest BCUT2D eigenvalue weighted by molar-refractivity contribution is 7.91. The highest BCUT2D eigenvalue weighted by Gasteiger charge is 2.13. The predicted molar refractivity (Wildman–Crippen MR) is 75.1 cm³/mol. The second kappa shape index (κ2) is 7.08. The van der Waals surface area contributed by atoms with Gasteiger partial charge in [0, 0.05) is 25.0 Å². The van der Waals surface area contributed by atoms with Gasteiger partial charge in [-0.25, -0.2) is 13.4 Å². The van der Waals surface area contributed by atoms with E-state index in [0.29, 0.717) is 17.9 Å². The van der Waals surface area contributed by atoms with Gasteiger partial charge < -0.3 is 10.6 Å². The van der Waals surface area contributed by atoms with Gasteiger partial charge in [0.25, 0.3) is 5.91 Å². The molecule has 0 spiro atoms. The van der Waals surface area contributed by atoms with Crippen molar-refractivity contribution in [2.75, 3.05) is 29.9 Å². The summed E-state index contributed by atoms with van der Waals surface area (Å²) in [6, 6.07) is 3.31. The number of rotatable bonds is 7. The molecule has 1 heterocycles. The van der Waals surface area contributed by atoms with Crippen molar-refractivity contribution >= 4 is 21.6 Å². The second-order valence-electron chi connectivity index (χ2n) is 3.92. The number of aromatic nitrogens is 1. The fourth-order valence-corrected chi connectivity index (χ4v) is 2.16. The van der Waals surface area contributed by atoms with E-state index < -0.39 is 9.84 Å². The lowest BCUT2D eigenvalue weighted by Gasteiger charge is -2.09. The standard InChI is InChI=1S/C12H19N3O3S/c1-3-13-11-10(6-5-7-14-11)12(16)15-8-9-19(17,18)4-2/h5-7H,3-4,8-9H2,1-2H3,(H,13,14)(H,15,16). The Bertz CT molecular complexity index is 529. The van der Waals surface area contributed by atoms with E-state index in [0.717, 1.165) is 0 Å². The summed E-state index contributed by atoms with van der Waals surface area (Å²) in [6.45, 7) is 4.25. The predicted octanol–water partition coefficient (Wildman–Crippen LogP) is 0.678. The first kappa shape index (κ1) is 15.4. The van der Waals surface area contributed by atoms with E-state index in [4.69, 9.17) is 0 Å². The molecule has 19 heavy (non-hydrogen) atoms. The number of nitrogens with one attached hydrogen (secondary N) is 2. The van der Waals surface area contributed by atoms with Crippen LogP contribution in [-0.4, -0.2) is 43.9 Å². The first-order valence-corrected chi connectivity index (χ1v) is 7.99. The van der Waals surface area contributed by atoms with Crippen LogP contribution in [-0.2, 0) is 9.84 Å². The number of hydrogen-bond acceptors (Lipinski definition) is 5. The average Bonchev–Trinajstić information content (AvgIpc) is 2.39. The van der Waals surface area contributed by atoms with E-state index in [1.54, 1.807) is 25.3 Å². The Balaban J connectivity index is 2.64. The highest BCUT2D eigenvalue weighted by atomic mass is 32.2. The Kier molecular flexibility index (Phi) is 5.75. The van der Waals surface area contributed by atoms with Crippen LogP contribution in [0.1, 0.15) is 24.2 Å². The van der Waals surface area contributed by atoms with E-state index in [-0.39, 0.29) is 24.0 Å². The largest absolute Gasteiger partial charge is 0.370 e. The third-order valence-electron chi connectivity index (χ3n) is 2.54. The normalized spacial score (nSPS) is 11.1. The molecule has 1 rings (SSSR count). The summed E-state index contributed by atoms with van der Waals surface area (Å²) in [4.78, 5) is 16.0.